The van der Waals surface area contributed by atoms with Crippen molar-refractivity contribution in [2.24, 2.45) is 40.4 Å². The summed E-state index contributed by atoms with van der Waals surface area (Å²) in [6.45, 7) is 6.37. The summed E-state index contributed by atoms with van der Waals surface area (Å²) >= 11 is 6.20. The molecule has 5 aliphatic carbocycles. The van der Waals surface area contributed by atoms with E-state index in [4.69, 9.17) is 11.6 Å². The van der Waals surface area contributed by atoms with Gasteiger partial charge >= 0.3 is 0 Å². The van der Waals surface area contributed by atoms with Crippen LogP contribution in [0.2, 0.25) is 0 Å². The SMILES string of the molecule is C[C@H]1[C@H]2CC[C@H]3[C@@H]4CC=C5C[C@@H](N(C)C(=O)[C@H]6CCC(F)C(Cl)C6)CC[C@]5(C)C4CC[C@]23CN1C. The van der Waals surface area contributed by atoms with Gasteiger partial charge in [-0.15, -0.1) is 11.6 Å². The van der Waals surface area contributed by atoms with E-state index < -0.39 is 11.5 Å². The number of allylic oxidation sites excluding steroid dienone is 1. The van der Waals surface area contributed by atoms with Gasteiger partial charge in [-0.2, -0.15) is 0 Å². The average Bonchev–Trinajstić information content (AvgIpc) is 3.33. The predicted molar refractivity (Wildman–Crippen MR) is 140 cm³/mol. The third-order valence-electron chi connectivity index (χ3n) is 12.6. The van der Waals surface area contributed by atoms with Crippen LogP contribution < -0.4 is 0 Å². The summed E-state index contributed by atoms with van der Waals surface area (Å²) in [6, 6.07) is 1.03. The zero-order valence-corrected chi connectivity index (χ0v) is 23.1. The highest BCUT2D eigenvalue weighted by Crippen LogP contribution is 2.68. The molecule has 0 radical (unpaired) electrons. The Balaban J connectivity index is 1.17. The molecule has 4 saturated carbocycles. The normalized spacial score (nSPS) is 51.6. The Morgan fingerprint density at radius 1 is 1.11 bits per heavy atom. The number of rotatable bonds is 2. The smallest absolute Gasteiger partial charge is 0.225 e. The molecule has 1 heterocycles. The first-order valence-electron chi connectivity index (χ1n) is 14.6. The topological polar surface area (TPSA) is 23.6 Å². The standard InChI is InChI=1S/C30H46ClFN2O/c1-18-23-8-9-25-22-7-6-20-16-21(34(4)28(35)19-5-10-27(32)26(31)15-19)11-13-29(20,2)24(22)12-14-30(23,25)17-33(18)3/h6,18-19,21-27H,5,7-17H2,1-4H3/t18-,19-,21-,22+,23+,24?,25-,26?,27?,29-,30-/m0/s1. The molecule has 0 aromatic heterocycles. The predicted octanol–water partition coefficient (Wildman–Crippen LogP) is 6.45. The van der Waals surface area contributed by atoms with Gasteiger partial charge < -0.3 is 9.80 Å². The monoisotopic (exact) mass is 504 g/mol. The molecule has 1 aliphatic heterocycles. The van der Waals surface area contributed by atoms with E-state index in [1.54, 1.807) is 5.57 Å². The third kappa shape index (κ3) is 3.62. The molecular formula is C30H46ClFN2O. The van der Waals surface area contributed by atoms with Crippen molar-refractivity contribution < 1.29 is 9.18 Å². The van der Waals surface area contributed by atoms with E-state index in [0.717, 1.165) is 42.6 Å². The molecule has 1 spiro atoms. The van der Waals surface area contributed by atoms with Gasteiger partial charge in [-0.1, -0.05) is 18.6 Å². The molecule has 6 aliphatic rings. The molecule has 3 nitrogen and oxygen atoms in total. The Hall–Kier alpha value is -0.610. The van der Waals surface area contributed by atoms with Crippen LogP contribution >= 0.6 is 11.6 Å². The van der Waals surface area contributed by atoms with Crippen LogP contribution in [0.1, 0.15) is 84.5 Å². The van der Waals surface area contributed by atoms with Crippen LogP contribution in [-0.4, -0.2) is 60.0 Å². The Morgan fingerprint density at radius 2 is 1.89 bits per heavy atom. The number of alkyl halides is 2. The van der Waals surface area contributed by atoms with E-state index in [0.29, 0.717) is 30.1 Å². The van der Waals surface area contributed by atoms with Crippen LogP contribution in [0.15, 0.2) is 11.6 Å². The fourth-order valence-electron chi connectivity index (χ4n) is 10.5. The first-order chi connectivity index (χ1) is 16.7. The van der Waals surface area contributed by atoms with Crippen molar-refractivity contribution >= 4 is 17.5 Å². The maximum atomic E-state index is 13.9. The van der Waals surface area contributed by atoms with E-state index >= 15 is 0 Å². The minimum Gasteiger partial charge on any atom is -0.342 e. The minimum atomic E-state index is -0.959. The molecule has 11 atom stereocenters. The number of hydrogen-bond donors (Lipinski definition) is 0. The van der Waals surface area contributed by atoms with Crippen LogP contribution in [0.25, 0.3) is 0 Å². The number of carbonyl (C=O) groups excluding carboxylic acids is 1. The van der Waals surface area contributed by atoms with Crippen LogP contribution in [0.5, 0.6) is 0 Å². The minimum absolute atomic E-state index is 0.107. The first kappa shape index (κ1) is 24.7. The summed E-state index contributed by atoms with van der Waals surface area (Å²) in [4.78, 5) is 18.0. The number of likely N-dealkylation sites (tertiary alicyclic amines) is 1. The van der Waals surface area contributed by atoms with E-state index in [9.17, 15) is 9.18 Å². The molecular weight excluding hydrogens is 459 g/mol. The Morgan fingerprint density at radius 3 is 2.66 bits per heavy atom. The second kappa shape index (κ2) is 8.72. The fourth-order valence-corrected chi connectivity index (χ4v) is 10.9. The summed E-state index contributed by atoms with van der Waals surface area (Å²) < 4.78 is 13.9. The molecule has 0 aromatic carbocycles. The van der Waals surface area contributed by atoms with Crippen molar-refractivity contribution in [3.05, 3.63) is 11.6 Å². The second-order valence-electron chi connectivity index (χ2n) is 13.8. The number of amides is 1. The van der Waals surface area contributed by atoms with Gasteiger partial charge in [-0.05, 0) is 119 Å². The van der Waals surface area contributed by atoms with Gasteiger partial charge in [0.2, 0.25) is 5.91 Å². The van der Waals surface area contributed by atoms with Gasteiger partial charge in [0.05, 0.1) is 5.38 Å². The van der Waals surface area contributed by atoms with Gasteiger partial charge in [-0.3, -0.25) is 4.79 Å². The molecule has 1 saturated heterocycles. The summed E-state index contributed by atoms with van der Waals surface area (Å²) in [5.74, 6) is 3.58. The van der Waals surface area contributed by atoms with Crippen molar-refractivity contribution in [3.63, 3.8) is 0 Å². The van der Waals surface area contributed by atoms with E-state index in [1.807, 2.05) is 11.9 Å². The van der Waals surface area contributed by atoms with Crippen LogP contribution in [0, 0.1) is 40.4 Å². The van der Waals surface area contributed by atoms with Crippen molar-refractivity contribution in [2.75, 3.05) is 20.6 Å². The van der Waals surface area contributed by atoms with Crippen LogP contribution in [0.4, 0.5) is 4.39 Å². The van der Waals surface area contributed by atoms with Crippen molar-refractivity contribution in [1.82, 2.24) is 9.80 Å². The molecule has 0 bridgehead atoms. The Bertz CT molecular complexity index is 894. The summed E-state index contributed by atoms with van der Waals surface area (Å²) in [5.41, 5.74) is 2.53. The Kier molecular flexibility index (Phi) is 6.15. The lowest BCUT2D eigenvalue weighted by Gasteiger charge is -2.58. The van der Waals surface area contributed by atoms with Gasteiger partial charge in [-0.25, -0.2) is 4.39 Å². The number of hydrogen-bond acceptors (Lipinski definition) is 2. The zero-order valence-electron chi connectivity index (χ0n) is 22.3. The first-order valence-corrected chi connectivity index (χ1v) is 15.0. The lowest BCUT2D eigenvalue weighted by Crippen LogP contribution is -2.53. The van der Waals surface area contributed by atoms with Crippen molar-refractivity contribution in [2.45, 2.75) is 108 Å². The highest BCUT2D eigenvalue weighted by atomic mass is 35.5. The largest absolute Gasteiger partial charge is 0.342 e. The Labute approximate surface area is 217 Å². The molecule has 6 rings (SSSR count). The molecule has 0 N–H and O–H groups in total. The number of fused-ring (bicyclic) bond motifs is 4. The molecule has 5 fully saturated rings. The van der Waals surface area contributed by atoms with Gasteiger partial charge in [0, 0.05) is 31.6 Å². The molecule has 3 unspecified atom stereocenters. The van der Waals surface area contributed by atoms with E-state index in [-0.39, 0.29) is 17.9 Å². The van der Waals surface area contributed by atoms with Gasteiger partial charge in [0.25, 0.3) is 0 Å². The van der Waals surface area contributed by atoms with Gasteiger partial charge in [0.15, 0.2) is 0 Å². The average molecular weight is 505 g/mol. The third-order valence-corrected chi connectivity index (χ3v) is 13.1. The maximum Gasteiger partial charge on any atom is 0.225 e. The second-order valence-corrected chi connectivity index (χ2v) is 14.3. The van der Waals surface area contributed by atoms with Crippen LogP contribution in [0.3, 0.4) is 0 Å². The van der Waals surface area contributed by atoms with Crippen molar-refractivity contribution in [1.29, 1.82) is 0 Å². The molecule has 0 aromatic rings. The number of halogens is 2. The van der Waals surface area contributed by atoms with E-state index in [2.05, 4.69) is 31.9 Å². The lowest BCUT2D eigenvalue weighted by molar-refractivity contribution is -0.138. The molecule has 35 heavy (non-hydrogen) atoms. The number of carbonyl (C=O) groups is 1. The maximum absolute atomic E-state index is 13.9. The zero-order chi connectivity index (χ0) is 24.7. The molecule has 5 heteroatoms. The van der Waals surface area contributed by atoms with Crippen LogP contribution in [-0.2, 0) is 4.79 Å². The van der Waals surface area contributed by atoms with Gasteiger partial charge in [0.1, 0.15) is 6.17 Å². The number of nitrogens with zero attached hydrogens (tertiary/aromatic N) is 2. The van der Waals surface area contributed by atoms with Crippen molar-refractivity contribution in [3.8, 4) is 0 Å². The highest BCUT2D eigenvalue weighted by Gasteiger charge is 2.64. The quantitative estimate of drug-likeness (QED) is 0.318. The summed E-state index contributed by atoms with van der Waals surface area (Å²) in [7, 11) is 4.35. The fraction of sp³-hybridized carbons (Fsp3) is 0.900. The molecule has 196 valence electrons. The molecule has 1 amide bonds. The summed E-state index contributed by atoms with van der Waals surface area (Å²) in [6.07, 6.45) is 13.5. The highest BCUT2D eigenvalue weighted by molar-refractivity contribution is 6.21. The summed E-state index contributed by atoms with van der Waals surface area (Å²) in [5, 5.41) is -0.508. The van der Waals surface area contributed by atoms with E-state index in [1.165, 1.54) is 45.1 Å². The lowest BCUT2D eigenvalue weighted by atomic mass is 9.47.